The molecule has 0 bridgehead atoms. The second-order valence-electron chi connectivity index (χ2n) is 3.57. The summed E-state index contributed by atoms with van der Waals surface area (Å²) in [4.78, 5) is 11.6. The van der Waals surface area contributed by atoms with Gasteiger partial charge in [-0.3, -0.25) is 4.79 Å². The molecule has 1 aromatic rings. The molecule has 18 heavy (non-hydrogen) atoms. The van der Waals surface area contributed by atoms with Gasteiger partial charge in [0, 0.05) is 7.11 Å². The van der Waals surface area contributed by atoms with Crippen molar-refractivity contribution in [1.82, 2.24) is 5.32 Å². The molecule has 1 atom stereocenters. The Balaban J connectivity index is 2.87. The fourth-order valence-electron chi connectivity index (χ4n) is 1.32. The lowest BCUT2D eigenvalue weighted by atomic mass is 10.1. The van der Waals surface area contributed by atoms with E-state index in [9.17, 15) is 13.6 Å². The highest BCUT2D eigenvalue weighted by molar-refractivity contribution is 5.94. The van der Waals surface area contributed by atoms with Crippen LogP contribution in [0, 0.1) is 11.6 Å². The molecule has 0 saturated heterocycles. The zero-order chi connectivity index (χ0) is 13.7. The van der Waals surface area contributed by atoms with E-state index in [-0.39, 0.29) is 6.61 Å². The molecule has 0 aromatic heterocycles. The molecule has 0 heterocycles. The Morgan fingerprint density at radius 2 is 2.11 bits per heavy atom. The first-order valence-corrected chi connectivity index (χ1v) is 5.08. The topological polar surface area (TPSA) is 78.8 Å². The van der Waals surface area contributed by atoms with E-state index in [0.717, 1.165) is 12.1 Å². The molecular formula is C11H13F2NO4. The molecule has 0 spiro atoms. The molecule has 100 valence electrons. The van der Waals surface area contributed by atoms with Crippen LogP contribution in [0.15, 0.2) is 12.1 Å². The predicted octanol–water partition coefficient (Wildman–Crippen LogP) is 0.407. The molecule has 5 nitrogen and oxygen atoms in total. The van der Waals surface area contributed by atoms with Gasteiger partial charge in [0.1, 0.15) is 0 Å². The van der Waals surface area contributed by atoms with Crippen LogP contribution in [-0.2, 0) is 4.74 Å². The summed E-state index contributed by atoms with van der Waals surface area (Å²) >= 11 is 0. The third-order valence-corrected chi connectivity index (χ3v) is 2.23. The number of nitrogens with one attached hydrogen (secondary N) is 1. The third-order valence-electron chi connectivity index (χ3n) is 2.23. The van der Waals surface area contributed by atoms with Crippen molar-refractivity contribution in [3.8, 4) is 5.75 Å². The van der Waals surface area contributed by atoms with Gasteiger partial charge in [-0.25, -0.2) is 4.39 Å². The van der Waals surface area contributed by atoms with Crippen LogP contribution in [0.5, 0.6) is 5.75 Å². The summed E-state index contributed by atoms with van der Waals surface area (Å²) in [6, 6.07) is 1.10. The van der Waals surface area contributed by atoms with Gasteiger partial charge in [-0.1, -0.05) is 0 Å². The molecule has 3 N–H and O–H groups in total. The van der Waals surface area contributed by atoms with E-state index in [1.807, 2.05) is 0 Å². The van der Waals surface area contributed by atoms with Crippen LogP contribution in [0.1, 0.15) is 10.4 Å². The van der Waals surface area contributed by atoms with Gasteiger partial charge in [0.15, 0.2) is 11.6 Å². The van der Waals surface area contributed by atoms with Gasteiger partial charge in [0.2, 0.25) is 5.82 Å². The van der Waals surface area contributed by atoms with Gasteiger partial charge in [0.05, 0.1) is 24.8 Å². The minimum atomic E-state index is -1.49. The summed E-state index contributed by atoms with van der Waals surface area (Å²) in [6.07, 6.45) is 0. The number of benzene rings is 1. The lowest BCUT2D eigenvalue weighted by Gasteiger charge is -2.15. The van der Waals surface area contributed by atoms with E-state index in [0.29, 0.717) is 0 Å². The number of halogens is 2. The van der Waals surface area contributed by atoms with Crippen LogP contribution in [0.2, 0.25) is 0 Å². The number of ether oxygens (including phenoxy) is 1. The summed E-state index contributed by atoms with van der Waals surface area (Å²) in [5.74, 6) is -4.71. The van der Waals surface area contributed by atoms with Gasteiger partial charge < -0.3 is 20.3 Å². The van der Waals surface area contributed by atoms with Crippen LogP contribution in [0.25, 0.3) is 0 Å². The van der Waals surface area contributed by atoms with Crippen molar-refractivity contribution in [1.29, 1.82) is 0 Å². The maximum Gasteiger partial charge on any atom is 0.254 e. The molecule has 1 rings (SSSR count). The Bertz CT molecular complexity index is 439. The summed E-state index contributed by atoms with van der Waals surface area (Å²) < 4.78 is 31.1. The monoisotopic (exact) mass is 261 g/mol. The van der Waals surface area contributed by atoms with Gasteiger partial charge in [-0.2, -0.15) is 4.39 Å². The van der Waals surface area contributed by atoms with Crippen molar-refractivity contribution < 1.29 is 28.5 Å². The van der Waals surface area contributed by atoms with Crippen molar-refractivity contribution in [3.05, 3.63) is 29.3 Å². The molecule has 0 aliphatic carbocycles. The number of phenols is 1. The minimum Gasteiger partial charge on any atom is -0.505 e. The number of aliphatic hydroxyl groups is 1. The number of aromatic hydroxyl groups is 1. The normalized spacial score (nSPS) is 12.2. The number of hydrogen-bond acceptors (Lipinski definition) is 4. The van der Waals surface area contributed by atoms with E-state index in [1.165, 1.54) is 7.11 Å². The first-order valence-electron chi connectivity index (χ1n) is 5.08. The standard InChI is InChI=1S/C11H13F2NO4/c1-18-5-6(4-15)14-11(17)7-2-3-8(16)10(13)9(7)12/h2-3,6,15-16H,4-5H2,1H3,(H,14,17). The Kier molecular flexibility index (Phi) is 4.99. The van der Waals surface area contributed by atoms with Crippen molar-refractivity contribution in [3.63, 3.8) is 0 Å². The first kappa shape index (κ1) is 14.3. The highest BCUT2D eigenvalue weighted by Crippen LogP contribution is 2.21. The Labute approximate surface area is 102 Å². The van der Waals surface area contributed by atoms with Gasteiger partial charge in [-0.15, -0.1) is 0 Å². The van der Waals surface area contributed by atoms with Crippen LogP contribution in [0.4, 0.5) is 8.78 Å². The molecule has 0 saturated carbocycles. The van der Waals surface area contributed by atoms with Gasteiger partial charge in [0.25, 0.3) is 5.91 Å². The van der Waals surface area contributed by atoms with Crippen molar-refractivity contribution in [2.75, 3.05) is 20.3 Å². The molecule has 0 aliphatic heterocycles. The lowest BCUT2D eigenvalue weighted by Crippen LogP contribution is -2.41. The molecule has 0 radical (unpaired) electrons. The molecule has 1 aromatic carbocycles. The average molecular weight is 261 g/mol. The summed E-state index contributed by atoms with van der Waals surface area (Å²) in [7, 11) is 1.37. The first-order chi connectivity index (χ1) is 8.51. The average Bonchev–Trinajstić information content (AvgIpc) is 2.35. The fraction of sp³-hybridized carbons (Fsp3) is 0.364. The number of rotatable bonds is 5. The number of aliphatic hydroxyl groups excluding tert-OH is 1. The predicted molar refractivity (Wildman–Crippen MR) is 58.2 cm³/mol. The summed E-state index contributed by atoms with van der Waals surface area (Å²) in [5, 5.41) is 20.1. The van der Waals surface area contributed by atoms with Crippen molar-refractivity contribution >= 4 is 5.91 Å². The largest absolute Gasteiger partial charge is 0.505 e. The SMILES string of the molecule is COCC(CO)NC(=O)c1ccc(O)c(F)c1F. The quantitative estimate of drug-likeness (QED) is 0.717. The van der Waals surface area contributed by atoms with Gasteiger partial charge in [-0.05, 0) is 12.1 Å². The number of amides is 1. The molecule has 0 fully saturated rings. The number of hydrogen-bond donors (Lipinski definition) is 3. The van der Waals surface area contributed by atoms with E-state index in [4.69, 9.17) is 14.9 Å². The zero-order valence-corrected chi connectivity index (χ0v) is 9.61. The molecule has 1 amide bonds. The van der Waals surface area contributed by atoms with Gasteiger partial charge >= 0.3 is 0 Å². The lowest BCUT2D eigenvalue weighted by molar-refractivity contribution is 0.0835. The van der Waals surface area contributed by atoms with Crippen LogP contribution < -0.4 is 5.32 Å². The number of carbonyl (C=O) groups is 1. The van der Waals surface area contributed by atoms with Crippen LogP contribution in [0.3, 0.4) is 0 Å². The number of methoxy groups -OCH3 is 1. The maximum absolute atomic E-state index is 13.4. The molecule has 7 heteroatoms. The Morgan fingerprint density at radius 3 is 2.67 bits per heavy atom. The second kappa shape index (κ2) is 6.27. The highest BCUT2D eigenvalue weighted by atomic mass is 19.2. The second-order valence-corrected chi connectivity index (χ2v) is 3.57. The van der Waals surface area contributed by atoms with E-state index in [1.54, 1.807) is 0 Å². The fourth-order valence-corrected chi connectivity index (χ4v) is 1.32. The van der Waals surface area contributed by atoms with Crippen molar-refractivity contribution in [2.45, 2.75) is 6.04 Å². The number of phenolic OH excluding ortho intramolecular Hbond substituents is 1. The highest BCUT2D eigenvalue weighted by Gasteiger charge is 2.20. The number of carbonyl (C=O) groups excluding carboxylic acids is 1. The summed E-state index contributed by atoms with van der Waals surface area (Å²) in [6.45, 7) is -0.369. The van der Waals surface area contributed by atoms with E-state index < -0.39 is 41.5 Å². The Morgan fingerprint density at radius 1 is 1.44 bits per heavy atom. The summed E-state index contributed by atoms with van der Waals surface area (Å²) in [5.41, 5.74) is -0.556. The third kappa shape index (κ3) is 3.14. The van der Waals surface area contributed by atoms with Crippen LogP contribution >= 0.6 is 0 Å². The van der Waals surface area contributed by atoms with Crippen molar-refractivity contribution in [2.24, 2.45) is 0 Å². The molecular weight excluding hydrogens is 248 g/mol. The van der Waals surface area contributed by atoms with E-state index >= 15 is 0 Å². The molecule has 1 unspecified atom stereocenters. The maximum atomic E-state index is 13.4. The Hall–Kier alpha value is -1.73. The zero-order valence-electron chi connectivity index (χ0n) is 9.61. The molecule has 0 aliphatic rings. The van der Waals surface area contributed by atoms with E-state index in [2.05, 4.69) is 5.32 Å². The minimum absolute atomic E-state index is 0.0322. The van der Waals surface area contributed by atoms with Crippen LogP contribution in [-0.4, -0.2) is 42.5 Å². The smallest absolute Gasteiger partial charge is 0.254 e.